The monoisotopic (exact) mass is 497 g/mol. The molecule has 0 atom stereocenters. The molecule has 0 aliphatic carbocycles. The molecule has 0 aromatic heterocycles. The zero-order valence-corrected chi connectivity index (χ0v) is 17.7. The van der Waals surface area contributed by atoms with E-state index in [4.69, 9.17) is 4.74 Å². The Hall–Kier alpha value is -3.09. The molecular weight excluding hydrogens is 482 g/mol. The van der Waals surface area contributed by atoms with Crippen LogP contribution < -0.4 is 10.0 Å². The van der Waals surface area contributed by atoms with Crippen molar-refractivity contribution >= 4 is 55.3 Å². The van der Waals surface area contributed by atoms with E-state index in [0.29, 0.717) is 5.56 Å². The van der Waals surface area contributed by atoms with Crippen molar-refractivity contribution in [3.8, 4) is 0 Å². The lowest BCUT2D eigenvalue weighted by molar-refractivity contribution is -0.384. The minimum absolute atomic E-state index is 0.167. The number of nitrogens with one attached hydrogen (secondary N) is 2. The molecule has 10 nitrogen and oxygen atoms in total. The van der Waals surface area contributed by atoms with E-state index in [1.807, 2.05) is 4.72 Å². The second-order valence-electron chi connectivity index (χ2n) is 5.71. The molecule has 12 heteroatoms. The van der Waals surface area contributed by atoms with Gasteiger partial charge in [-0.2, -0.15) is 0 Å². The van der Waals surface area contributed by atoms with Gasteiger partial charge in [-0.3, -0.25) is 19.7 Å². The standard InChI is InChI=1S/C18H16BrN3O7S/c19-15-10-14(22(25)26)6-7-16(15)21-17(23)12-29-18(24)11-20-30(27,28)9-8-13-4-2-1-3-5-13/h1-10,20H,11-12H2,(H,21,23)/b9-8+. The predicted octanol–water partition coefficient (Wildman–Crippen LogP) is 2.43. The maximum absolute atomic E-state index is 11.9. The van der Waals surface area contributed by atoms with E-state index in [-0.39, 0.29) is 15.8 Å². The fraction of sp³-hybridized carbons (Fsp3) is 0.111. The van der Waals surface area contributed by atoms with Gasteiger partial charge in [-0.15, -0.1) is 0 Å². The largest absolute Gasteiger partial charge is 0.455 e. The van der Waals surface area contributed by atoms with E-state index in [9.17, 15) is 28.1 Å². The third-order valence-electron chi connectivity index (χ3n) is 3.46. The van der Waals surface area contributed by atoms with Crippen molar-refractivity contribution in [1.82, 2.24) is 4.72 Å². The number of carbonyl (C=O) groups excluding carboxylic acids is 2. The Labute approximate surface area is 180 Å². The number of anilines is 1. The van der Waals surface area contributed by atoms with Crippen LogP contribution in [0, 0.1) is 10.1 Å². The van der Waals surface area contributed by atoms with Crippen molar-refractivity contribution in [3.05, 3.63) is 74.1 Å². The van der Waals surface area contributed by atoms with Crippen molar-refractivity contribution in [2.45, 2.75) is 0 Å². The number of sulfonamides is 1. The molecule has 2 N–H and O–H groups in total. The summed E-state index contributed by atoms with van der Waals surface area (Å²) in [4.78, 5) is 33.6. The summed E-state index contributed by atoms with van der Waals surface area (Å²) in [5.41, 5.74) is 0.743. The lowest BCUT2D eigenvalue weighted by Gasteiger charge is -2.08. The topological polar surface area (TPSA) is 145 Å². The van der Waals surface area contributed by atoms with Gasteiger partial charge in [0.2, 0.25) is 10.0 Å². The lowest BCUT2D eigenvalue weighted by atomic mass is 10.2. The molecule has 0 radical (unpaired) electrons. The molecule has 0 saturated carbocycles. The van der Waals surface area contributed by atoms with Gasteiger partial charge in [-0.25, -0.2) is 13.1 Å². The average Bonchev–Trinajstić information content (AvgIpc) is 2.71. The summed E-state index contributed by atoms with van der Waals surface area (Å²) in [6.07, 6.45) is 1.36. The Kier molecular flexibility index (Phi) is 8.21. The van der Waals surface area contributed by atoms with Crippen molar-refractivity contribution in [2.24, 2.45) is 0 Å². The maximum Gasteiger partial charge on any atom is 0.321 e. The fourth-order valence-corrected chi connectivity index (χ4v) is 3.26. The molecule has 0 aliphatic rings. The number of nitrogens with zero attached hydrogens (tertiary/aromatic N) is 1. The summed E-state index contributed by atoms with van der Waals surface area (Å²) in [6, 6.07) is 12.4. The number of halogens is 1. The van der Waals surface area contributed by atoms with E-state index in [1.54, 1.807) is 30.3 Å². The highest BCUT2D eigenvalue weighted by atomic mass is 79.9. The minimum atomic E-state index is -3.87. The van der Waals surface area contributed by atoms with Gasteiger partial charge in [0.15, 0.2) is 6.61 Å². The van der Waals surface area contributed by atoms with Gasteiger partial charge in [0, 0.05) is 22.0 Å². The normalized spacial score (nSPS) is 11.2. The number of esters is 1. The molecule has 2 aromatic rings. The van der Waals surface area contributed by atoms with Crippen LogP contribution in [0.4, 0.5) is 11.4 Å². The van der Waals surface area contributed by atoms with Crippen LogP contribution in [0.25, 0.3) is 6.08 Å². The molecule has 0 bridgehead atoms. The molecule has 0 heterocycles. The number of nitro groups is 1. The van der Waals surface area contributed by atoms with E-state index in [0.717, 1.165) is 5.41 Å². The van der Waals surface area contributed by atoms with Gasteiger partial charge >= 0.3 is 5.97 Å². The van der Waals surface area contributed by atoms with Gasteiger partial charge in [-0.1, -0.05) is 30.3 Å². The quantitative estimate of drug-likeness (QED) is 0.307. The SMILES string of the molecule is O=C(COC(=O)CNS(=O)(=O)/C=C/c1ccccc1)Nc1ccc([N+](=O)[O-])cc1Br. The highest BCUT2D eigenvalue weighted by Gasteiger charge is 2.14. The number of amides is 1. The maximum atomic E-state index is 11.9. The lowest BCUT2D eigenvalue weighted by Crippen LogP contribution is -2.31. The highest BCUT2D eigenvalue weighted by molar-refractivity contribution is 9.10. The zero-order chi connectivity index (χ0) is 22.1. The summed E-state index contributed by atoms with van der Waals surface area (Å²) < 4.78 is 30.7. The smallest absolute Gasteiger partial charge is 0.321 e. The second kappa shape index (κ2) is 10.6. The van der Waals surface area contributed by atoms with Crippen LogP contribution in [0.3, 0.4) is 0 Å². The van der Waals surface area contributed by atoms with Crippen LogP contribution in [-0.4, -0.2) is 38.4 Å². The Balaban J connectivity index is 1.79. The third-order valence-corrected chi connectivity index (χ3v) is 5.16. The number of ether oxygens (including phenoxy) is 1. The highest BCUT2D eigenvalue weighted by Crippen LogP contribution is 2.26. The first kappa shape index (κ1) is 23.2. The summed E-state index contributed by atoms with van der Waals surface area (Å²) in [5.74, 6) is -1.66. The van der Waals surface area contributed by atoms with Crippen molar-refractivity contribution in [2.75, 3.05) is 18.5 Å². The van der Waals surface area contributed by atoms with E-state index >= 15 is 0 Å². The molecule has 0 unspecified atom stereocenters. The second-order valence-corrected chi connectivity index (χ2v) is 8.21. The molecule has 0 fully saturated rings. The summed E-state index contributed by atoms with van der Waals surface area (Å²) in [7, 11) is -3.87. The molecule has 0 spiro atoms. The molecular formula is C18H16BrN3O7S. The zero-order valence-electron chi connectivity index (χ0n) is 15.3. The molecule has 1 amide bonds. The number of non-ortho nitro benzene ring substituents is 1. The predicted molar refractivity (Wildman–Crippen MR) is 113 cm³/mol. The number of rotatable bonds is 9. The minimum Gasteiger partial charge on any atom is -0.455 e. The Morgan fingerprint density at radius 3 is 2.50 bits per heavy atom. The van der Waals surface area contributed by atoms with E-state index in [1.165, 1.54) is 24.3 Å². The van der Waals surface area contributed by atoms with Gasteiger partial charge < -0.3 is 10.1 Å². The first-order valence-corrected chi connectivity index (χ1v) is 10.6. The van der Waals surface area contributed by atoms with Crippen LogP contribution >= 0.6 is 15.9 Å². The number of carbonyl (C=O) groups is 2. The number of hydrogen-bond acceptors (Lipinski definition) is 7. The van der Waals surface area contributed by atoms with E-state index in [2.05, 4.69) is 21.2 Å². The molecule has 0 saturated heterocycles. The third kappa shape index (κ3) is 7.73. The average molecular weight is 498 g/mol. The molecule has 30 heavy (non-hydrogen) atoms. The molecule has 2 aromatic carbocycles. The Bertz CT molecular complexity index is 1070. The van der Waals surface area contributed by atoms with Crippen molar-refractivity contribution in [1.29, 1.82) is 0 Å². The number of nitro benzene ring substituents is 1. The molecule has 158 valence electrons. The van der Waals surface area contributed by atoms with Gasteiger partial charge in [-0.05, 0) is 33.6 Å². The first-order chi connectivity index (χ1) is 14.2. The summed E-state index contributed by atoms with van der Waals surface area (Å²) in [5, 5.41) is 14.0. The van der Waals surface area contributed by atoms with Crippen LogP contribution in [-0.2, 0) is 24.3 Å². The van der Waals surface area contributed by atoms with Crippen LogP contribution in [0.5, 0.6) is 0 Å². The van der Waals surface area contributed by atoms with Gasteiger partial charge in [0.05, 0.1) is 10.6 Å². The van der Waals surface area contributed by atoms with Crippen LogP contribution in [0.2, 0.25) is 0 Å². The van der Waals surface area contributed by atoms with E-state index < -0.39 is 40.0 Å². The van der Waals surface area contributed by atoms with Gasteiger partial charge in [0.1, 0.15) is 6.54 Å². The number of hydrogen-bond donors (Lipinski definition) is 2. The summed E-state index contributed by atoms with van der Waals surface area (Å²) >= 11 is 3.09. The molecule has 0 aliphatic heterocycles. The van der Waals surface area contributed by atoms with Crippen molar-refractivity contribution in [3.63, 3.8) is 0 Å². The first-order valence-electron chi connectivity index (χ1n) is 8.28. The fourth-order valence-electron chi connectivity index (χ4n) is 2.04. The molecule has 2 rings (SSSR count). The van der Waals surface area contributed by atoms with Gasteiger partial charge in [0.25, 0.3) is 11.6 Å². The van der Waals surface area contributed by atoms with Crippen LogP contribution in [0.15, 0.2) is 58.4 Å². The van der Waals surface area contributed by atoms with Crippen LogP contribution in [0.1, 0.15) is 5.56 Å². The summed E-state index contributed by atoms with van der Waals surface area (Å²) in [6.45, 7) is -1.32. The number of benzene rings is 2. The van der Waals surface area contributed by atoms with Crippen molar-refractivity contribution < 1.29 is 27.7 Å². The Morgan fingerprint density at radius 1 is 1.17 bits per heavy atom. The Morgan fingerprint density at radius 2 is 1.87 bits per heavy atom.